The number of aryl methyl sites for hydroxylation is 1. The molecule has 0 aliphatic heterocycles. The van der Waals surface area contributed by atoms with Gasteiger partial charge in [-0.2, -0.15) is 0 Å². The van der Waals surface area contributed by atoms with Gasteiger partial charge in [0.05, 0.1) is 12.1 Å². The number of hydrogen-bond acceptors (Lipinski definition) is 4. The monoisotopic (exact) mass is 241 g/mol. The van der Waals surface area contributed by atoms with Crippen LogP contribution < -0.4 is 5.32 Å². The van der Waals surface area contributed by atoms with Crippen molar-refractivity contribution in [2.75, 3.05) is 13.7 Å². The maximum atomic E-state index is 10.8. The van der Waals surface area contributed by atoms with E-state index in [1.54, 1.807) is 20.1 Å². The lowest BCUT2D eigenvalue weighted by molar-refractivity contribution is 0.0227. The van der Waals surface area contributed by atoms with Crippen molar-refractivity contribution in [3.63, 3.8) is 0 Å². The van der Waals surface area contributed by atoms with Gasteiger partial charge in [0, 0.05) is 19.2 Å². The molecule has 5 heteroatoms. The van der Waals surface area contributed by atoms with Crippen molar-refractivity contribution in [2.24, 2.45) is 0 Å². The second-order valence-corrected chi connectivity index (χ2v) is 4.60. The summed E-state index contributed by atoms with van der Waals surface area (Å²) in [5.41, 5.74) is 0.386. The van der Waals surface area contributed by atoms with Gasteiger partial charge in [0.2, 0.25) is 5.76 Å². The number of carboxylic acid groups (broad SMARTS) is 1. The normalized spacial score (nSPS) is 11.8. The van der Waals surface area contributed by atoms with Crippen molar-refractivity contribution < 1.29 is 19.1 Å². The minimum atomic E-state index is -1.04. The third-order valence-electron chi connectivity index (χ3n) is 2.57. The van der Waals surface area contributed by atoms with Crippen LogP contribution in [0.5, 0.6) is 0 Å². The van der Waals surface area contributed by atoms with Crippen LogP contribution >= 0.6 is 0 Å². The molecular formula is C12H19NO4. The fourth-order valence-corrected chi connectivity index (χ4v) is 1.41. The van der Waals surface area contributed by atoms with E-state index >= 15 is 0 Å². The molecule has 0 fully saturated rings. The molecule has 0 aromatic carbocycles. The quantitative estimate of drug-likeness (QED) is 0.794. The highest BCUT2D eigenvalue weighted by Gasteiger charge is 2.17. The van der Waals surface area contributed by atoms with E-state index in [4.69, 9.17) is 14.3 Å². The molecule has 1 aromatic heterocycles. The second kappa shape index (κ2) is 5.33. The minimum absolute atomic E-state index is 0.00722. The van der Waals surface area contributed by atoms with Gasteiger partial charge in [0.25, 0.3) is 0 Å². The summed E-state index contributed by atoms with van der Waals surface area (Å²) in [6, 6.07) is 1.73. The first-order chi connectivity index (χ1) is 7.85. The third-order valence-corrected chi connectivity index (χ3v) is 2.57. The molecule has 0 saturated heterocycles. The Bertz CT molecular complexity index is 395. The molecule has 2 N–H and O–H groups in total. The molecular weight excluding hydrogens is 222 g/mol. The van der Waals surface area contributed by atoms with Crippen LogP contribution in [0, 0.1) is 6.92 Å². The van der Waals surface area contributed by atoms with Crippen LogP contribution in [-0.2, 0) is 11.3 Å². The Labute approximate surface area is 101 Å². The summed E-state index contributed by atoms with van der Waals surface area (Å²) >= 11 is 0. The van der Waals surface area contributed by atoms with Crippen molar-refractivity contribution in [2.45, 2.75) is 32.9 Å². The van der Waals surface area contributed by atoms with Crippen LogP contribution in [0.2, 0.25) is 0 Å². The lowest BCUT2D eigenvalue weighted by Crippen LogP contribution is -2.36. The maximum Gasteiger partial charge on any atom is 0.372 e. The van der Waals surface area contributed by atoms with Gasteiger partial charge < -0.3 is 19.6 Å². The number of hydrogen-bond donors (Lipinski definition) is 2. The van der Waals surface area contributed by atoms with Crippen LogP contribution in [0.3, 0.4) is 0 Å². The van der Waals surface area contributed by atoms with Gasteiger partial charge in [-0.1, -0.05) is 0 Å². The zero-order chi connectivity index (χ0) is 13.1. The van der Waals surface area contributed by atoms with Crippen molar-refractivity contribution in [1.29, 1.82) is 0 Å². The zero-order valence-electron chi connectivity index (χ0n) is 10.7. The summed E-state index contributed by atoms with van der Waals surface area (Å²) in [4.78, 5) is 10.8. The van der Waals surface area contributed by atoms with Gasteiger partial charge in [-0.15, -0.1) is 0 Å². The standard InChI is InChI=1S/C12H19NO4/c1-8-5-9(17-10(8)11(14)15)6-13-7-12(2,3)16-4/h5,13H,6-7H2,1-4H3,(H,14,15). The zero-order valence-corrected chi connectivity index (χ0v) is 10.7. The Morgan fingerprint density at radius 2 is 2.24 bits per heavy atom. The minimum Gasteiger partial charge on any atom is -0.475 e. The molecule has 0 unspecified atom stereocenters. The molecule has 0 amide bonds. The summed E-state index contributed by atoms with van der Waals surface area (Å²) in [6.45, 7) is 6.80. The third kappa shape index (κ3) is 3.87. The summed E-state index contributed by atoms with van der Waals surface area (Å²) in [5, 5.41) is 12.0. The molecule has 5 nitrogen and oxygen atoms in total. The first-order valence-electron chi connectivity index (χ1n) is 5.44. The molecule has 1 rings (SSSR count). The Hall–Kier alpha value is -1.33. The first-order valence-corrected chi connectivity index (χ1v) is 5.44. The highest BCUT2D eigenvalue weighted by atomic mass is 16.5. The Morgan fingerprint density at radius 1 is 1.59 bits per heavy atom. The van der Waals surface area contributed by atoms with Crippen LogP contribution in [0.1, 0.15) is 35.7 Å². The Kier molecular flexibility index (Phi) is 4.31. The van der Waals surface area contributed by atoms with Gasteiger partial charge in [-0.05, 0) is 26.8 Å². The largest absolute Gasteiger partial charge is 0.475 e. The molecule has 0 aliphatic rings. The number of rotatable bonds is 6. The van der Waals surface area contributed by atoms with Crippen molar-refractivity contribution in [1.82, 2.24) is 5.32 Å². The van der Waals surface area contributed by atoms with E-state index in [9.17, 15) is 4.79 Å². The number of aromatic carboxylic acids is 1. The predicted molar refractivity (Wildman–Crippen MR) is 63.2 cm³/mol. The second-order valence-electron chi connectivity index (χ2n) is 4.60. The van der Waals surface area contributed by atoms with E-state index in [-0.39, 0.29) is 11.4 Å². The SMILES string of the molecule is COC(C)(C)CNCc1cc(C)c(C(=O)O)o1. The number of carboxylic acids is 1. The lowest BCUT2D eigenvalue weighted by atomic mass is 10.1. The molecule has 0 spiro atoms. The van der Waals surface area contributed by atoms with Crippen LogP contribution in [-0.4, -0.2) is 30.3 Å². The average Bonchev–Trinajstić information content (AvgIpc) is 2.59. The smallest absolute Gasteiger partial charge is 0.372 e. The molecule has 0 bridgehead atoms. The Balaban J connectivity index is 2.53. The van der Waals surface area contributed by atoms with Crippen molar-refractivity contribution in [3.8, 4) is 0 Å². The molecule has 0 saturated carbocycles. The molecule has 1 heterocycles. The summed E-state index contributed by atoms with van der Waals surface area (Å²) in [7, 11) is 1.65. The van der Waals surface area contributed by atoms with Crippen molar-refractivity contribution in [3.05, 3.63) is 23.2 Å². The van der Waals surface area contributed by atoms with E-state index in [0.29, 0.717) is 24.4 Å². The molecule has 0 radical (unpaired) electrons. The van der Waals surface area contributed by atoms with E-state index in [1.807, 2.05) is 13.8 Å². The number of methoxy groups -OCH3 is 1. The summed E-state index contributed by atoms with van der Waals surface area (Å²) in [6.07, 6.45) is 0. The summed E-state index contributed by atoms with van der Waals surface area (Å²) < 4.78 is 10.5. The van der Waals surface area contributed by atoms with Gasteiger partial charge >= 0.3 is 5.97 Å². The van der Waals surface area contributed by atoms with E-state index in [2.05, 4.69) is 5.32 Å². The number of nitrogens with one attached hydrogen (secondary N) is 1. The van der Waals surface area contributed by atoms with Crippen LogP contribution in [0.15, 0.2) is 10.5 Å². The van der Waals surface area contributed by atoms with Crippen LogP contribution in [0.4, 0.5) is 0 Å². The Morgan fingerprint density at radius 3 is 2.71 bits per heavy atom. The number of ether oxygens (including phenoxy) is 1. The fourth-order valence-electron chi connectivity index (χ4n) is 1.41. The highest BCUT2D eigenvalue weighted by molar-refractivity contribution is 5.86. The summed E-state index contributed by atoms with van der Waals surface area (Å²) in [5.74, 6) is -0.412. The van der Waals surface area contributed by atoms with Crippen LogP contribution in [0.25, 0.3) is 0 Å². The van der Waals surface area contributed by atoms with E-state index in [1.165, 1.54) is 0 Å². The molecule has 17 heavy (non-hydrogen) atoms. The van der Waals surface area contributed by atoms with Gasteiger partial charge in [-0.3, -0.25) is 0 Å². The average molecular weight is 241 g/mol. The molecule has 96 valence electrons. The van der Waals surface area contributed by atoms with E-state index in [0.717, 1.165) is 0 Å². The molecule has 0 aliphatic carbocycles. The number of carbonyl (C=O) groups is 1. The van der Waals surface area contributed by atoms with Crippen molar-refractivity contribution >= 4 is 5.97 Å². The predicted octanol–water partition coefficient (Wildman–Crippen LogP) is 1.80. The lowest BCUT2D eigenvalue weighted by Gasteiger charge is -2.22. The fraction of sp³-hybridized carbons (Fsp3) is 0.583. The van der Waals surface area contributed by atoms with Gasteiger partial charge in [0.1, 0.15) is 5.76 Å². The first kappa shape index (κ1) is 13.7. The molecule has 1 aromatic rings. The van der Waals surface area contributed by atoms with Gasteiger partial charge in [-0.25, -0.2) is 4.79 Å². The number of furan rings is 1. The van der Waals surface area contributed by atoms with E-state index < -0.39 is 5.97 Å². The van der Waals surface area contributed by atoms with Gasteiger partial charge in [0.15, 0.2) is 0 Å². The highest BCUT2D eigenvalue weighted by Crippen LogP contribution is 2.14. The molecule has 0 atom stereocenters. The topological polar surface area (TPSA) is 71.7 Å². The maximum absolute atomic E-state index is 10.8.